The molecule has 0 saturated heterocycles. The van der Waals surface area contributed by atoms with Crippen LogP contribution in [0.25, 0.3) is 39.3 Å². The van der Waals surface area contributed by atoms with Crippen molar-refractivity contribution < 1.29 is 4.79 Å². The molecule has 5 aromatic rings. The summed E-state index contributed by atoms with van der Waals surface area (Å²) in [6.45, 7) is 1.39. The number of likely N-dealkylation sites (N-methyl/N-ethyl adjacent to an activating group) is 2. The van der Waals surface area contributed by atoms with E-state index < -0.39 is 0 Å². The molecule has 0 aliphatic carbocycles. The molecule has 7 nitrogen and oxygen atoms in total. The number of fused-ring (bicyclic) bond motifs is 1. The van der Waals surface area contributed by atoms with Gasteiger partial charge in [-0.3, -0.25) is 9.78 Å². The van der Waals surface area contributed by atoms with Crippen LogP contribution in [0.4, 0.5) is 0 Å². The van der Waals surface area contributed by atoms with Crippen LogP contribution in [-0.2, 0) is 0 Å². The van der Waals surface area contributed by atoms with Gasteiger partial charge in [-0.1, -0.05) is 42.5 Å². The number of pyridine rings is 1. The minimum absolute atomic E-state index is 0.00820. The van der Waals surface area contributed by atoms with E-state index in [1.54, 1.807) is 4.90 Å². The molecule has 35 heavy (non-hydrogen) atoms. The van der Waals surface area contributed by atoms with Gasteiger partial charge in [0.25, 0.3) is 5.91 Å². The number of carbonyl (C=O) groups excluding carboxylic acids is 1. The normalized spacial score (nSPS) is 11.0. The Labute approximate surface area is 204 Å². The maximum Gasteiger partial charge on any atom is 0.253 e. The third kappa shape index (κ3) is 4.67. The first-order valence-electron chi connectivity index (χ1n) is 11.5. The monoisotopic (exact) mass is 462 g/mol. The SMILES string of the molecule is CNCCN(C)C(=O)c1cccc(-c2cnn3c(-c4ccnc(-c5ccccc5)c4)cnc3c2)c1. The topological polar surface area (TPSA) is 75.4 Å². The highest BCUT2D eigenvalue weighted by molar-refractivity contribution is 5.95. The average molecular weight is 463 g/mol. The van der Waals surface area contributed by atoms with Crippen LogP contribution in [0.2, 0.25) is 0 Å². The second kappa shape index (κ2) is 9.87. The van der Waals surface area contributed by atoms with Gasteiger partial charge in [0.15, 0.2) is 5.65 Å². The van der Waals surface area contributed by atoms with Crippen molar-refractivity contribution in [3.05, 3.63) is 97.0 Å². The molecule has 0 fully saturated rings. The third-order valence-corrected chi connectivity index (χ3v) is 5.97. The third-order valence-electron chi connectivity index (χ3n) is 5.97. The van der Waals surface area contributed by atoms with Gasteiger partial charge >= 0.3 is 0 Å². The van der Waals surface area contributed by atoms with Crippen LogP contribution >= 0.6 is 0 Å². The first-order chi connectivity index (χ1) is 17.1. The Morgan fingerprint density at radius 3 is 2.54 bits per heavy atom. The molecule has 0 aliphatic heterocycles. The van der Waals surface area contributed by atoms with Gasteiger partial charge in [-0.2, -0.15) is 5.10 Å². The first-order valence-corrected chi connectivity index (χ1v) is 11.5. The van der Waals surface area contributed by atoms with E-state index in [2.05, 4.69) is 20.4 Å². The van der Waals surface area contributed by atoms with Gasteiger partial charge in [0.1, 0.15) is 0 Å². The van der Waals surface area contributed by atoms with E-state index >= 15 is 0 Å². The summed E-state index contributed by atoms with van der Waals surface area (Å²) in [4.78, 5) is 23.6. The number of rotatable bonds is 7. The van der Waals surface area contributed by atoms with E-state index in [1.807, 2.05) is 110 Å². The van der Waals surface area contributed by atoms with Crippen molar-refractivity contribution in [3.63, 3.8) is 0 Å². The number of imidazole rings is 1. The van der Waals surface area contributed by atoms with Crippen molar-refractivity contribution >= 4 is 11.6 Å². The lowest BCUT2D eigenvalue weighted by molar-refractivity contribution is 0.0797. The minimum Gasteiger partial charge on any atom is -0.340 e. The number of nitrogens with zero attached hydrogens (tertiary/aromatic N) is 5. The van der Waals surface area contributed by atoms with E-state index in [9.17, 15) is 4.79 Å². The molecule has 5 rings (SSSR count). The Kier molecular flexibility index (Phi) is 6.32. The van der Waals surface area contributed by atoms with Crippen LogP contribution in [-0.4, -0.2) is 57.6 Å². The molecule has 0 spiro atoms. The van der Waals surface area contributed by atoms with E-state index in [1.165, 1.54) is 0 Å². The molecule has 2 aromatic carbocycles. The summed E-state index contributed by atoms with van der Waals surface area (Å²) in [5.74, 6) is -0.00820. The van der Waals surface area contributed by atoms with Gasteiger partial charge in [0.05, 0.1) is 23.8 Å². The number of hydrogen-bond donors (Lipinski definition) is 1. The fourth-order valence-corrected chi connectivity index (χ4v) is 4.02. The fourth-order valence-electron chi connectivity index (χ4n) is 4.02. The van der Waals surface area contributed by atoms with Crippen LogP contribution in [0.3, 0.4) is 0 Å². The summed E-state index contributed by atoms with van der Waals surface area (Å²) >= 11 is 0. The zero-order valence-corrected chi connectivity index (χ0v) is 19.7. The Morgan fingerprint density at radius 1 is 0.886 bits per heavy atom. The van der Waals surface area contributed by atoms with Crippen molar-refractivity contribution in [2.75, 3.05) is 27.2 Å². The van der Waals surface area contributed by atoms with Gasteiger partial charge in [-0.05, 0) is 42.9 Å². The largest absolute Gasteiger partial charge is 0.340 e. The second-order valence-corrected chi connectivity index (χ2v) is 8.36. The lowest BCUT2D eigenvalue weighted by atomic mass is 10.0. The molecular formula is C28H26N6O. The van der Waals surface area contributed by atoms with E-state index in [0.717, 1.165) is 45.8 Å². The zero-order chi connectivity index (χ0) is 24.2. The number of hydrogen-bond acceptors (Lipinski definition) is 5. The summed E-state index contributed by atoms with van der Waals surface area (Å²) in [7, 11) is 3.69. The Morgan fingerprint density at radius 2 is 1.71 bits per heavy atom. The smallest absolute Gasteiger partial charge is 0.253 e. The highest BCUT2D eigenvalue weighted by Gasteiger charge is 2.14. The molecule has 0 saturated carbocycles. The summed E-state index contributed by atoms with van der Waals surface area (Å²) in [6.07, 6.45) is 5.44. The quantitative estimate of drug-likeness (QED) is 0.388. The van der Waals surface area contributed by atoms with Crippen LogP contribution in [0.5, 0.6) is 0 Å². The molecule has 0 atom stereocenters. The molecule has 1 amide bonds. The molecule has 1 N–H and O–H groups in total. The average Bonchev–Trinajstić information content (AvgIpc) is 3.35. The minimum atomic E-state index is -0.00820. The van der Waals surface area contributed by atoms with Gasteiger partial charge < -0.3 is 10.2 Å². The second-order valence-electron chi connectivity index (χ2n) is 8.36. The first kappa shape index (κ1) is 22.4. The Hall–Kier alpha value is -4.36. The number of nitrogens with one attached hydrogen (secondary N) is 1. The van der Waals surface area contributed by atoms with Crippen LogP contribution in [0.1, 0.15) is 10.4 Å². The van der Waals surface area contributed by atoms with Gasteiger partial charge in [0.2, 0.25) is 0 Å². The molecular weight excluding hydrogens is 436 g/mol. The Bertz CT molecular complexity index is 1480. The summed E-state index contributed by atoms with van der Waals surface area (Å²) in [5, 5.41) is 7.75. The van der Waals surface area contributed by atoms with Gasteiger partial charge in [-0.25, -0.2) is 9.50 Å². The summed E-state index contributed by atoms with van der Waals surface area (Å²) in [5.41, 5.74) is 7.05. The summed E-state index contributed by atoms with van der Waals surface area (Å²) in [6, 6.07) is 23.7. The van der Waals surface area contributed by atoms with Crippen molar-refractivity contribution in [2.45, 2.75) is 0 Å². The standard InChI is InChI=1S/C28H26N6O/c1-29-13-14-33(2)28(35)23-10-6-9-21(15-23)24-17-27-31-19-26(34(27)32-18-24)22-11-12-30-25(16-22)20-7-4-3-5-8-20/h3-12,15-19,29H,13-14H2,1-2H3. The maximum absolute atomic E-state index is 12.8. The summed E-state index contributed by atoms with van der Waals surface area (Å²) < 4.78 is 1.83. The molecule has 0 bridgehead atoms. The van der Waals surface area contributed by atoms with E-state index in [-0.39, 0.29) is 5.91 Å². The fraction of sp³-hybridized carbons (Fsp3) is 0.143. The van der Waals surface area contributed by atoms with Gasteiger partial charge in [-0.15, -0.1) is 0 Å². The van der Waals surface area contributed by atoms with Crippen molar-refractivity contribution in [3.8, 4) is 33.6 Å². The zero-order valence-electron chi connectivity index (χ0n) is 19.7. The van der Waals surface area contributed by atoms with Crippen LogP contribution < -0.4 is 5.32 Å². The lowest BCUT2D eigenvalue weighted by Crippen LogP contribution is -2.32. The maximum atomic E-state index is 12.8. The van der Waals surface area contributed by atoms with E-state index in [4.69, 9.17) is 0 Å². The highest BCUT2D eigenvalue weighted by atomic mass is 16.2. The van der Waals surface area contributed by atoms with Crippen LogP contribution in [0, 0.1) is 0 Å². The van der Waals surface area contributed by atoms with E-state index in [0.29, 0.717) is 12.1 Å². The molecule has 7 heteroatoms. The van der Waals surface area contributed by atoms with Gasteiger partial charge in [0, 0.05) is 48.6 Å². The Balaban J connectivity index is 1.45. The molecule has 3 aromatic heterocycles. The molecule has 0 radical (unpaired) electrons. The predicted molar refractivity (Wildman–Crippen MR) is 138 cm³/mol. The number of carbonyl (C=O) groups is 1. The van der Waals surface area contributed by atoms with Crippen LogP contribution in [0.15, 0.2) is 91.4 Å². The molecule has 174 valence electrons. The number of benzene rings is 2. The van der Waals surface area contributed by atoms with Crippen molar-refractivity contribution in [2.24, 2.45) is 0 Å². The molecule has 0 unspecified atom stereocenters. The van der Waals surface area contributed by atoms with Crippen molar-refractivity contribution in [1.82, 2.24) is 29.8 Å². The lowest BCUT2D eigenvalue weighted by Gasteiger charge is -2.17. The molecule has 0 aliphatic rings. The number of aromatic nitrogens is 4. The molecule has 3 heterocycles. The highest BCUT2D eigenvalue weighted by Crippen LogP contribution is 2.27. The predicted octanol–water partition coefficient (Wildman–Crippen LogP) is 4.42. The number of amides is 1. The van der Waals surface area contributed by atoms with Crippen molar-refractivity contribution in [1.29, 1.82) is 0 Å².